The summed E-state index contributed by atoms with van der Waals surface area (Å²) in [4.78, 5) is 11.0. The molecule has 0 aliphatic carbocycles. The summed E-state index contributed by atoms with van der Waals surface area (Å²) in [5.74, 6) is -1.04. The van der Waals surface area contributed by atoms with Crippen LogP contribution in [0.5, 0.6) is 0 Å². The summed E-state index contributed by atoms with van der Waals surface area (Å²) in [5.41, 5.74) is 1.23. The smallest absolute Gasteiger partial charge is 0.309 e. The monoisotopic (exact) mass is 207 g/mol. The van der Waals surface area contributed by atoms with Crippen molar-refractivity contribution in [1.29, 1.82) is 5.26 Å². The number of hydrogen-bond acceptors (Lipinski definition) is 3. The molecule has 0 N–H and O–H groups in total. The number of carbonyl (C=O) groups is 1. The van der Waals surface area contributed by atoms with Crippen LogP contribution in [0, 0.1) is 24.1 Å². The largest absolute Gasteiger partial charge is 0.469 e. The van der Waals surface area contributed by atoms with Gasteiger partial charge in [0.2, 0.25) is 0 Å². The lowest BCUT2D eigenvalue weighted by molar-refractivity contribution is -0.139. The molecule has 3 nitrogen and oxygen atoms in total. The molecule has 0 atom stereocenters. The number of hydrogen-bond donors (Lipinski definition) is 0. The van der Waals surface area contributed by atoms with Crippen LogP contribution in [0.15, 0.2) is 12.1 Å². The van der Waals surface area contributed by atoms with Gasteiger partial charge in [-0.15, -0.1) is 0 Å². The predicted octanol–water partition coefficient (Wildman–Crippen LogP) is 1.72. The summed E-state index contributed by atoms with van der Waals surface area (Å²) in [5, 5.41) is 8.58. The second kappa shape index (κ2) is 4.56. The van der Waals surface area contributed by atoms with Gasteiger partial charge in [-0.2, -0.15) is 5.26 Å². The highest BCUT2D eigenvalue weighted by atomic mass is 19.1. The molecule has 0 unspecified atom stereocenters. The number of halogens is 1. The van der Waals surface area contributed by atoms with Crippen molar-refractivity contribution < 1.29 is 13.9 Å². The van der Waals surface area contributed by atoms with Crippen molar-refractivity contribution in [2.45, 2.75) is 13.3 Å². The maximum Gasteiger partial charge on any atom is 0.309 e. The first-order valence-corrected chi connectivity index (χ1v) is 4.34. The number of nitriles is 1. The van der Waals surface area contributed by atoms with E-state index in [4.69, 9.17) is 5.26 Å². The third-order valence-corrected chi connectivity index (χ3v) is 2.11. The number of aryl methyl sites for hydroxylation is 1. The molecule has 15 heavy (non-hydrogen) atoms. The molecular formula is C11H10FNO2. The number of benzene rings is 1. The van der Waals surface area contributed by atoms with Gasteiger partial charge in [0.1, 0.15) is 11.9 Å². The quantitative estimate of drug-likeness (QED) is 0.694. The van der Waals surface area contributed by atoms with Gasteiger partial charge in [0.05, 0.1) is 19.1 Å². The number of rotatable bonds is 2. The molecule has 0 saturated carbocycles. The van der Waals surface area contributed by atoms with Gasteiger partial charge in [-0.25, -0.2) is 4.39 Å². The van der Waals surface area contributed by atoms with E-state index in [2.05, 4.69) is 4.74 Å². The van der Waals surface area contributed by atoms with Gasteiger partial charge in [-0.1, -0.05) is 0 Å². The van der Waals surface area contributed by atoms with Crippen molar-refractivity contribution in [3.8, 4) is 6.07 Å². The predicted molar refractivity (Wildman–Crippen MR) is 51.6 cm³/mol. The van der Waals surface area contributed by atoms with E-state index < -0.39 is 11.8 Å². The van der Waals surface area contributed by atoms with Crippen molar-refractivity contribution in [2.24, 2.45) is 0 Å². The molecule has 1 rings (SSSR count). The SMILES string of the molecule is COC(=O)Cc1cc(F)c(C#N)cc1C. The summed E-state index contributed by atoms with van der Waals surface area (Å²) in [6.45, 7) is 1.72. The number of carbonyl (C=O) groups excluding carboxylic acids is 1. The molecule has 0 fully saturated rings. The molecule has 0 spiro atoms. The lowest BCUT2D eigenvalue weighted by Crippen LogP contribution is -2.06. The third kappa shape index (κ3) is 2.53. The molecule has 0 radical (unpaired) electrons. The lowest BCUT2D eigenvalue weighted by Gasteiger charge is -2.05. The first-order valence-electron chi connectivity index (χ1n) is 4.34. The van der Waals surface area contributed by atoms with Gasteiger partial charge in [0.25, 0.3) is 0 Å². The molecule has 1 aromatic rings. The third-order valence-electron chi connectivity index (χ3n) is 2.11. The van der Waals surface area contributed by atoms with E-state index in [1.807, 2.05) is 0 Å². The summed E-state index contributed by atoms with van der Waals surface area (Å²) >= 11 is 0. The van der Waals surface area contributed by atoms with Crippen LogP contribution in [-0.4, -0.2) is 13.1 Å². The van der Waals surface area contributed by atoms with Crippen LogP contribution in [0.1, 0.15) is 16.7 Å². The molecule has 1 aromatic carbocycles. The molecule has 78 valence electrons. The Morgan fingerprint density at radius 2 is 2.27 bits per heavy atom. The highest BCUT2D eigenvalue weighted by Crippen LogP contribution is 2.15. The van der Waals surface area contributed by atoms with Crippen LogP contribution >= 0.6 is 0 Å². The minimum atomic E-state index is -0.609. The Kier molecular flexibility index (Phi) is 3.40. The molecule has 0 bridgehead atoms. The fourth-order valence-corrected chi connectivity index (χ4v) is 1.23. The first kappa shape index (κ1) is 11.2. The average molecular weight is 207 g/mol. The van der Waals surface area contributed by atoms with Crippen molar-refractivity contribution in [1.82, 2.24) is 0 Å². The summed E-state index contributed by atoms with van der Waals surface area (Å²) in [7, 11) is 1.28. The Morgan fingerprint density at radius 3 is 2.80 bits per heavy atom. The van der Waals surface area contributed by atoms with Gasteiger partial charge in [-0.05, 0) is 30.2 Å². The zero-order chi connectivity index (χ0) is 11.4. The van der Waals surface area contributed by atoms with E-state index in [1.165, 1.54) is 19.2 Å². The Balaban J connectivity index is 3.06. The topological polar surface area (TPSA) is 50.1 Å². The van der Waals surface area contributed by atoms with Crippen LogP contribution < -0.4 is 0 Å². The highest BCUT2D eigenvalue weighted by Gasteiger charge is 2.10. The van der Waals surface area contributed by atoms with Gasteiger partial charge in [0.15, 0.2) is 0 Å². The van der Waals surface area contributed by atoms with Crippen LogP contribution in [0.25, 0.3) is 0 Å². The Hall–Kier alpha value is -1.89. The highest BCUT2D eigenvalue weighted by molar-refractivity contribution is 5.73. The second-order valence-electron chi connectivity index (χ2n) is 3.12. The van der Waals surface area contributed by atoms with E-state index in [-0.39, 0.29) is 12.0 Å². The van der Waals surface area contributed by atoms with Gasteiger partial charge < -0.3 is 4.74 Å². The fraction of sp³-hybridized carbons (Fsp3) is 0.273. The molecule has 0 heterocycles. The Morgan fingerprint density at radius 1 is 1.60 bits per heavy atom. The van der Waals surface area contributed by atoms with Crippen molar-refractivity contribution >= 4 is 5.97 Å². The van der Waals surface area contributed by atoms with Gasteiger partial charge >= 0.3 is 5.97 Å². The minimum Gasteiger partial charge on any atom is -0.469 e. The normalized spacial score (nSPS) is 9.47. The first-order chi connectivity index (χ1) is 7.08. The standard InChI is InChI=1S/C11H10FNO2/c1-7-3-9(6-13)10(12)4-8(7)5-11(14)15-2/h3-4H,5H2,1-2H3. The van der Waals surface area contributed by atoms with E-state index in [0.717, 1.165) is 0 Å². The van der Waals surface area contributed by atoms with Gasteiger partial charge in [-0.3, -0.25) is 4.79 Å². The van der Waals surface area contributed by atoms with E-state index in [0.29, 0.717) is 11.1 Å². The molecule has 0 aromatic heterocycles. The second-order valence-corrected chi connectivity index (χ2v) is 3.12. The van der Waals surface area contributed by atoms with Crippen LogP contribution in [0.4, 0.5) is 4.39 Å². The van der Waals surface area contributed by atoms with Crippen LogP contribution in [0.3, 0.4) is 0 Å². The van der Waals surface area contributed by atoms with Crippen LogP contribution in [0.2, 0.25) is 0 Å². The maximum atomic E-state index is 13.2. The van der Waals surface area contributed by atoms with E-state index >= 15 is 0 Å². The lowest BCUT2D eigenvalue weighted by atomic mass is 10.0. The van der Waals surface area contributed by atoms with E-state index in [9.17, 15) is 9.18 Å². The Bertz CT molecular complexity index is 435. The minimum absolute atomic E-state index is 0.0129. The number of ether oxygens (including phenoxy) is 1. The van der Waals surface area contributed by atoms with Crippen LogP contribution in [-0.2, 0) is 16.0 Å². The summed E-state index contributed by atoms with van der Waals surface area (Å²) < 4.78 is 17.7. The molecule has 0 aliphatic rings. The van der Waals surface area contributed by atoms with Crippen molar-refractivity contribution in [3.05, 3.63) is 34.6 Å². The maximum absolute atomic E-state index is 13.2. The van der Waals surface area contributed by atoms with Crippen molar-refractivity contribution in [2.75, 3.05) is 7.11 Å². The Labute approximate surface area is 87.1 Å². The molecule has 0 aliphatic heterocycles. The number of methoxy groups -OCH3 is 1. The summed E-state index contributed by atoms with van der Waals surface area (Å²) in [6.07, 6.45) is 0.0188. The summed E-state index contributed by atoms with van der Waals surface area (Å²) in [6, 6.07) is 4.36. The zero-order valence-electron chi connectivity index (χ0n) is 8.50. The number of nitrogens with zero attached hydrogens (tertiary/aromatic N) is 1. The average Bonchev–Trinajstić information content (AvgIpc) is 2.22. The zero-order valence-corrected chi connectivity index (χ0v) is 8.50. The molecule has 0 amide bonds. The molecular weight excluding hydrogens is 197 g/mol. The molecule has 0 saturated heterocycles. The van der Waals surface area contributed by atoms with E-state index in [1.54, 1.807) is 13.0 Å². The van der Waals surface area contributed by atoms with Crippen molar-refractivity contribution in [3.63, 3.8) is 0 Å². The molecule has 4 heteroatoms. The fourth-order valence-electron chi connectivity index (χ4n) is 1.23. The number of esters is 1. The van der Waals surface area contributed by atoms with Gasteiger partial charge in [0, 0.05) is 0 Å².